The first-order valence-corrected chi connectivity index (χ1v) is 6.51. The highest BCUT2D eigenvalue weighted by molar-refractivity contribution is 7.11. The van der Waals surface area contributed by atoms with Gasteiger partial charge in [0, 0.05) is 20.1 Å². The zero-order valence-electron chi connectivity index (χ0n) is 10.5. The van der Waals surface area contributed by atoms with E-state index in [4.69, 9.17) is 4.74 Å². The Morgan fingerprint density at radius 2 is 2.06 bits per heavy atom. The smallest absolute Gasteiger partial charge is 0.146 e. The molecule has 1 aromatic heterocycles. The summed E-state index contributed by atoms with van der Waals surface area (Å²) in [4.78, 5) is 0. The van der Waals surface area contributed by atoms with Gasteiger partial charge in [-0.2, -0.15) is 0 Å². The van der Waals surface area contributed by atoms with Crippen LogP contribution < -0.4 is 5.32 Å². The summed E-state index contributed by atoms with van der Waals surface area (Å²) >= 11 is 1.64. The molecular formula is C11H21N3OS. The minimum atomic E-state index is 0.0508. The molecule has 0 spiro atoms. The van der Waals surface area contributed by atoms with E-state index in [1.165, 1.54) is 0 Å². The van der Waals surface area contributed by atoms with Crippen LogP contribution in [0.25, 0.3) is 0 Å². The quantitative estimate of drug-likeness (QED) is 0.744. The molecule has 5 heteroatoms. The SMILES string of the molecule is COC(C)c1nnc(CCNCC(C)C)s1. The van der Waals surface area contributed by atoms with Gasteiger partial charge in [-0.25, -0.2) is 0 Å². The lowest BCUT2D eigenvalue weighted by Gasteiger charge is -2.05. The first kappa shape index (κ1) is 13.5. The summed E-state index contributed by atoms with van der Waals surface area (Å²) < 4.78 is 5.20. The van der Waals surface area contributed by atoms with Gasteiger partial charge in [0.2, 0.25) is 0 Å². The second-order valence-corrected chi connectivity index (χ2v) is 5.35. The molecule has 4 nitrogen and oxygen atoms in total. The van der Waals surface area contributed by atoms with Gasteiger partial charge in [0.25, 0.3) is 0 Å². The van der Waals surface area contributed by atoms with E-state index < -0.39 is 0 Å². The van der Waals surface area contributed by atoms with Crippen molar-refractivity contribution < 1.29 is 4.74 Å². The van der Waals surface area contributed by atoms with E-state index in [9.17, 15) is 0 Å². The Morgan fingerprint density at radius 1 is 1.31 bits per heavy atom. The fourth-order valence-electron chi connectivity index (χ4n) is 1.22. The molecule has 92 valence electrons. The van der Waals surface area contributed by atoms with Gasteiger partial charge in [0.05, 0.1) is 0 Å². The molecule has 0 fully saturated rings. The van der Waals surface area contributed by atoms with Gasteiger partial charge in [-0.15, -0.1) is 10.2 Å². The second kappa shape index (κ2) is 6.93. The van der Waals surface area contributed by atoms with Crippen LogP contribution in [0.15, 0.2) is 0 Å². The van der Waals surface area contributed by atoms with E-state index in [2.05, 4.69) is 29.4 Å². The topological polar surface area (TPSA) is 47.0 Å². The lowest BCUT2D eigenvalue weighted by atomic mass is 10.2. The minimum Gasteiger partial charge on any atom is -0.374 e. The Balaban J connectivity index is 2.29. The average molecular weight is 243 g/mol. The van der Waals surface area contributed by atoms with Crippen molar-refractivity contribution in [2.45, 2.75) is 33.3 Å². The summed E-state index contributed by atoms with van der Waals surface area (Å²) in [5.41, 5.74) is 0. The monoisotopic (exact) mass is 243 g/mol. The van der Waals surface area contributed by atoms with Gasteiger partial charge in [-0.05, 0) is 19.4 Å². The molecule has 1 heterocycles. The van der Waals surface area contributed by atoms with Crippen molar-refractivity contribution in [1.82, 2.24) is 15.5 Å². The van der Waals surface area contributed by atoms with Crippen molar-refractivity contribution in [3.8, 4) is 0 Å². The average Bonchev–Trinajstić information content (AvgIpc) is 2.71. The molecule has 1 unspecified atom stereocenters. The lowest BCUT2D eigenvalue weighted by molar-refractivity contribution is 0.118. The number of hydrogen-bond acceptors (Lipinski definition) is 5. The van der Waals surface area contributed by atoms with Gasteiger partial charge in [0.1, 0.15) is 16.1 Å². The summed E-state index contributed by atoms with van der Waals surface area (Å²) in [5, 5.41) is 13.7. The third kappa shape index (κ3) is 4.55. The van der Waals surface area contributed by atoms with Gasteiger partial charge < -0.3 is 10.1 Å². The highest BCUT2D eigenvalue weighted by atomic mass is 32.1. The van der Waals surface area contributed by atoms with Crippen molar-refractivity contribution in [1.29, 1.82) is 0 Å². The van der Waals surface area contributed by atoms with E-state index in [1.54, 1.807) is 18.4 Å². The van der Waals surface area contributed by atoms with Crippen LogP contribution in [0.3, 0.4) is 0 Å². The number of ether oxygens (including phenoxy) is 1. The maximum absolute atomic E-state index is 5.20. The molecule has 0 aliphatic carbocycles. The number of rotatable bonds is 7. The molecule has 0 saturated carbocycles. The van der Waals surface area contributed by atoms with Crippen LogP contribution in [0, 0.1) is 5.92 Å². The van der Waals surface area contributed by atoms with Gasteiger partial charge >= 0.3 is 0 Å². The summed E-state index contributed by atoms with van der Waals surface area (Å²) in [6.07, 6.45) is 0.996. The lowest BCUT2D eigenvalue weighted by Crippen LogP contribution is -2.22. The van der Waals surface area contributed by atoms with Gasteiger partial charge in [0.15, 0.2) is 0 Å². The van der Waals surface area contributed by atoms with E-state index >= 15 is 0 Å². The van der Waals surface area contributed by atoms with Crippen molar-refractivity contribution in [3.05, 3.63) is 10.0 Å². The Hall–Kier alpha value is -0.520. The molecule has 0 aliphatic heterocycles. The predicted molar refractivity (Wildman–Crippen MR) is 66.7 cm³/mol. The minimum absolute atomic E-state index is 0.0508. The van der Waals surface area contributed by atoms with Crippen LogP contribution in [0.4, 0.5) is 0 Å². The Kier molecular flexibility index (Phi) is 5.87. The maximum atomic E-state index is 5.20. The summed E-state index contributed by atoms with van der Waals surface area (Å²) in [6.45, 7) is 8.42. The highest BCUT2D eigenvalue weighted by Gasteiger charge is 2.10. The molecule has 0 saturated heterocycles. The van der Waals surface area contributed by atoms with Crippen LogP contribution in [-0.4, -0.2) is 30.4 Å². The van der Waals surface area contributed by atoms with E-state index in [-0.39, 0.29) is 6.10 Å². The Labute approximate surface area is 101 Å². The Bertz CT molecular complexity index is 301. The van der Waals surface area contributed by atoms with E-state index in [0.717, 1.165) is 29.5 Å². The predicted octanol–water partition coefficient (Wildman–Crippen LogP) is 2.03. The molecular weight excluding hydrogens is 222 g/mol. The fourth-order valence-corrected chi connectivity index (χ4v) is 2.09. The number of nitrogens with one attached hydrogen (secondary N) is 1. The normalized spacial score (nSPS) is 13.3. The van der Waals surface area contributed by atoms with Crippen LogP contribution in [-0.2, 0) is 11.2 Å². The summed E-state index contributed by atoms with van der Waals surface area (Å²) in [5.74, 6) is 0.693. The second-order valence-electron chi connectivity index (χ2n) is 4.26. The zero-order chi connectivity index (χ0) is 12.0. The number of methoxy groups -OCH3 is 1. The third-order valence-electron chi connectivity index (χ3n) is 2.25. The first-order valence-electron chi connectivity index (χ1n) is 5.69. The molecule has 0 amide bonds. The summed E-state index contributed by atoms with van der Waals surface area (Å²) in [6, 6.07) is 0. The van der Waals surface area contributed by atoms with Crippen LogP contribution in [0.2, 0.25) is 0 Å². The van der Waals surface area contributed by atoms with Crippen LogP contribution >= 0.6 is 11.3 Å². The molecule has 0 bridgehead atoms. The van der Waals surface area contributed by atoms with E-state index in [0.29, 0.717) is 5.92 Å². The standard InChI is InChI=1S/C11H21N3OS/c1-8(2)7-12-6-5-10-13-14-11(16-10)9(3)15-4/h8-9,12H,5-7H2,1-4H3. The zero-order valence-corrected chi connectivity index (χ0v) is 11.3. The first-order chi connectivity index (χ1) is 7.63. The fraction of sp³-hybridized carbons (Fsp3) is 0.818. The maximum Gasteiger partial charge on any atom is 0.146 e. The van der Waals surface area contributed by atoms with Gasteiger partial charge in [-0.3, -0.25) is 0 Å². The van der Waals surface area contributed by atoms with Crippen molar-refractivity contribution in [2.75, 3.05) is 20.2 Å². The molecule has 0 radical (unpaired) electrons. The third-order valence-corrected chi connectivity index (χ3v) is 3.40. The van der Waals surface area contributed by atoms with Crippen molar-refractivity contribution in [2.24, 2.45) is 5.92 Å². The highest BCUT2D eigenvalue weighted by Crippen LogP contribution is 2.19. The molecule has 0 aliphatic rings. The Morgan fingerprint density at radius 3 is 2.69 bits per heavy atom. The van der Waals surface area contributed by atoms with Crippen LogP contribution in [0.1, 0.15) is 36.9 Å². The molecule has 1 N–H and O–H groups in total. The molecule has 1 atom stereocenters. The van der Waals surface area contributed by atoms with Gasteiger partial charge in [-0.1, -0.05) is 25.2 Å². The number of aromatic nitrogens is 2. The molecule has 16 heavy (non-hydrogen) atoms. The largest absolute Gasteiger partial charge is 0.374 e. The molecule has 0 aromatic carbocycles. The van der Waals surface area contributed by atoms with E-state index in [1.807, 2.05) is 6.92 Å². The number of hydrogen-bond donors (Lipinski definition) is 1. The summed E-state index contributed by atoms with van der Waals surface area (Å²) in [7, 11) is 1.69. The van der Waals surface area contributed by atoms with Crippen molar-refractivity contribution in [3.63, 3.8) is 0 Å². The van der Waals surface area contributed by atoms with Crippen molar-refractivity contribution >= 4 is 11.3 Å². The molecule has 1 aromatic rings. The van der Waals surface area contributed by atoms with Crippen LogP contribution in [0.5, 0.6) is 0 Å². The number of nitrogens with zero attached hydrogens (tertiary/aromatic N) is 2. The molecule has 1 rings (SSSR count).